The van der Waals surface area contributed by atoms with Crippen molar-refractivity contribution in [2.75, 3.05) is 45.9 Å². The second-order valence-corrected chi connectivity index (χ2v) is 7.03. The summed E-state index contributed by atoms with van der Waals surface area (Å²) in [6.45, 7) is 5.59. The standard InChI is InChI=1S/C16H28N4O3/c17-16(3-1-2-4-16)15(22)18-13-11-14(21)20(12-13)6-5-19-7-9-23-10-8-19/h13H,1-12,17H2,(H,18,22). The van der Waals surface area contributed by atoms with E-state index in [1.807, 2.05) is 4.90 Å². The molecule has 0 bridgehead atoms. The Morgan fingerprint density at radius 1 is 1.26 bits per heavy atom. The molecule has 1 atom stereocenters. The molecule has 0 aromatic heterocycles. The van der Waals surface area contributed by atoms with E-state index in [9.17, 15) is 9.59 Å². The van der Waals surface area contributed by atoms with Crippen molar-refractivity contribution in [2.24, 2.45) is 5.73 Å². The van der Waals surface area contributed by atoms with Gasteiger partial charge in [0.05, 0.1) is 24.8 Å². The van der Waals surface area contributed by atoms with Crippen molar-refractivity contribution in [3.63, 3.8) is 0 Å². The Morgan fingerprint density at radius 2 is 1.96 bits per heavy atom. The maximum atomic E-state index is 12.4. The van der Waals surface area contributed by atoms with Crippen molar-refractivity contribution in [3.8, 4) is 0 Å². The van der Waals surface area contributed by atoms with Crippen molar-refractivity contribution in [1.82, 2.24) is 15.1 Å². The maximum absolute atomic E-state index is 12.4. The number of morpholine rings is 1. The summed E-state index contributed by atoms with van der Waals surface area (Å²) in [6.07, 6.45) is 3.92. The van der Waals surface area contributed by atoms with Gasteiger partial charge >= 0.3 is 0 Å². The van der Waals surface area contributed by atoms with Gasteiger partial charge in [0.1, 0.15) is 0 Å². The number of nitrogens with two attached hydrogens (primary N) is 1. The average molecular weight is 324 g/mol. The van der Waals surface area contributed by atoms with Crippen LogP contribution in [0.15, 0.2) is 0 Å². The molecule has 1 aliphatic carbocycles. The monoisotopic (exact) mass is 324 g/mol. The van der Waals surface area contributed by atoms with Crippen molar-refractivity contribution < 1.29 is 14.3 Å². The van der Waals surface area contributed by atoms with Crippen LogP contribution in [0.3, 0.4) is 0 Å². The number of hydrogen-bond donors (Lipinski definition) is 2. The Labute approximate surface area is 137 Å². The molecule has 2 saturated heterocycles. The number of amides is 2. The first-order valence-electron chi connectivity index (χ1n) is 8.74. The summed E-state index contributed by atoms with van der Waals surface area (Å²) in [4.78, 5) is 28.7. The van der Waals surface area contributed by atoms with Crippen LogP contribution in [0.4, 0.5) is 0 Å². The molecule has 0 aromatic carbocycles. The average Bonchev–Trinajstić information content (AvgIpc) is 3.13. The highest BCUT2D eigenvalue weighted by atomic mass is 16.5. The van der Waals surface area contributed by atoms with Gasteiger partial charge in [-0.3, -0.25) is 14.5 Å². The van der Waals surface area contributed by atoms with Gasteiger partial charge in [-0.25, -0.2) is 0 Å². The summed E-state index contributed by atoms with van der Waals surface area (Å²) in [5.41, 5.74) is 5.46. The minimum absolute atomic E-state index is 0.0807. The van der Waals surface area contributed by atoms with Crippen LogP contribution in [0, 0.1) is 0 Å². The number of rotatable bonds is 5. The van der Waals surface area contributed by atoms with Crippen molar-refractivity contribution >= 4 is 11.8 Å². The molecule has 0 aromatic rings. The molecule has 1 saturated carbocycles. The molecule has 7 heteroatoms. The Balaban J connectivity index is 1.44. The molecule has 23 heavy (non-hydrogen) atoms. The highest BCUT2D eigenvalue weighted by Crippen LogP contribution is 2.27. The zero-order valence-corrected chi connectivity index (χ0v) is 13.8. The molecular weight excluding hydrogens is 296 g/mol. The summed E-state index contributed by atoms with van der Waals surface area (Å²) in [5.74, 6) is 0.0453. The van der Waals surface area contributed by atoms with Gasteiger partial charge in [0.15, 0.2) is 0 Å². The van der Waals surface area contributed by atoms with Crippen LogP contribution in [0.1, 0.15) is 32.1 Å². The lowest BCUT2D eigenvalue weighted by Crippen LogP contribution is -2.54. The molecule has 7 nitrogen and oxygen atoms in total. The topological polar surface area (TPSA) is 87.9 Å². The molecule has 2 heterocycles. The van der Waals surface area contributed by atoms with Gasteiger partial charge in [0, 0.05) is 39.1 Å². The van der Waals surface area contributed by atoms with Crippen molar-refractivity contribution in [3.05, 3.63) is 0 Å². The van der Waals surface area contributed by atoms with Crippen LogP contribution >= 0.6 is 0 Å². The molecule has 3 N–H and O–H groups in total. The Hall–Kier alpha value is -1.18. The lowest BCUT2D eigenvalue weighted by Gasteiger charge is -2.28. The first-order chi connectivity index (χ1) is 11.1. The highest BCUT2D eigenvalue weighted by molar-refractivity contribution is 5.88. The molecular formula is C16H28N4O3. The second-order valence-electron chi connectivity index (χ2n) is 7.03. The lowest BCUT2D eigenvalue weighted by molar-refractivity contribution is -0.128. The van der Waals surface area contributed by atoms with Gasteiger partial charge in [-0.15, -0.1) is 0 Å². The van der Waals surface area contributed by atoms with Crippen molar-refractivity contribution in [1.29, 1.82) is 0 Å². The molecule has 0 radical (unpaired) electrons. The molecule has 3 rings (SSSR count). The first-order valence-corrected chi connectivity index (χ1v) is 8.74. The van der Waals surface area contributed by atoms with E-state index in [2.05, 4.69) is 10.2 Å². The van der Waals surface area contributed by atoms with E-state index < -0.39 is 5.54 Å². The van der Waals surface area contributed by atoms with E-state index in [0.29, 0.717) is 13.0 Å². The predicted molar refractivity (Wildman–Crippen MR) is 85.8 cm³/mol. The van der Waals surface area contributed by atoms with E-state index in [0.717, 1.165) is 65.1 Å². The van der Waals surface area contributed by atoms with Gasteiger partial charge in [-0.05, 0) is 12.8 Å². The van der Waals surface area contributed by atoms with Crippen LogP contribution in [0.5, 0.6) is 0 Å². The Morgan fingerprint density at radius 3 is 2.65 bits per heavy atom. The van der Waals surface area contributed by atoms with Gasteiger partial charge in [-0.1, -0.05) is 12.8 Å². The summed E-state index contributed by atoms with van der Waals surface area (Å²) < 4.78 is 5.33. The fourth-order valence-corrected chi connectivity index (χ4v) is 3.73. The van der Waals surface area contributed by atoms with Gasteiger partial charge in [-0.2, -0.15) is 0 Å². The van der Waals surface area contributed by atoms with Crippen molar-refractivity contribution in [2.45, 2.75) is 43.7 Å². The minimum atomic E-state index is -0.718. The minimum Gasteiger partial charge on any atom is -0.379 e. The fraction of sp³-hybridized carbons (Fsp3) is 0.875. The summed E-state index contributed by atoms with van der Waals surface area (Å²) in [5, 5.41) is 3.00. The van der Waals surface area contributed by atoms with Crippen LogP contribution in [-0.2, 0) is 14.3 Å². The van der Waals surface area contributed by atoms with Gasteiger partial charge in [0.25, 0.3) is 0 Å². The molecule has 1 unspecified atom stereocenters. The molecule has 2 aliphatic heterocycles. The third-order valence-electron chi connectivity index (χ3n) is 5.29. The molecule has 2 amide bonds. The van der Waals surface area contributed by atoms with E-state index in [4.69, 9.17) is 10.5 Å². The van der Waals surface area contributed by atoms with Crippen LogP contribution in [-0.4, -0.2) is 79.1 Å². The third kappa shape index (κ3) is 4.02. The smallest absolute Gasteiger partial charge is 0.240 e. The number of nitrogens with one attached hydrogen (secondary N) is 1. The summed E-state index contributed by atoms with van der Waals surface area (Å²) in [7, 11) is 0. The predicted octanol–water partition coefficient (Wildman–Crippen LogP) is -0.693. The summed E-state index contributed by atoms with van der Waals surface area (Å²) >= 11 is 0. The normalized spacial score (nSPS) is 28.3. The van der Waals surface area contributed by atoms with Crippen LogP contribution < -0.4 is 11.1 Å². The molecule has 0 spiro atoms. The quantitative estimate of drug-likeness (QED) is 0.699. The number of hydrogen-bond acceptors (Lipinski definition) is 5. The third-order valence-corrected chi connectivity index (χ3v) is 5.29. The largest absolute Gasteiger partial charge is 0.379 e. The van der Waals surface area contributed by atoms with Crippen LogP contribution in [0.25, 0.3) is 0 Å². The van der Waals surface area contributed by atoms with E-state index in [1.165, 1.54) is 0 Å². The Bertz CT molecular complexity index is 445. The van der Waals surface area contributed by atoms with Crippen LogP contribution in [0.2, 0.25) is 0 Å². The second kappa shape index (κ2) is 7.15. The fourth-order valence-electron chi connectivity index (χ4n) is 3.73. The molecule has 130 valence electrons. The first kappa shape index (κ1) is 16.7. The zero-order chi connectivity index (χ0) is 16.3. The molecule has 3 aliphatic rings. The SMILES string of the molecule is NC1(C(=O)NC2CC(=O)N(CCN3CCOCC3)C2)CCCC1. The number of ether oxygens (including phenoxy) is 1. The number of carbonyl (C=O) groups excluding carboxylic acids is 2. The maximum Gasteiger partial charge on any atom is 0.240 e. The number of carbonyl (C=O) groups is 2. The van der Waals surface area contributed by atoms with Gasteiger partial charge < -0.3 is 20.7 Å². The van der Waals surface area contributed by atoms with E-state index >= 15 is 0 Å². The van der Waals surface area contributed by atoms with E-state index in [-0.39, 0.29) is 17.9 Å². The van der Waals surface area contributed by atoms with E-state index in [1.54, 1.807) is 0 Å². The Kier molecular flexibility index (Phi) is 5.18. The zero-order valence-electron chi connectivity index (χ0n) is 13.8. The lowest BCUT2D eigenvalue weighted by atomic mass is 9.97. The van der Waals surface area contributed by atoms with Gasteiger partial charge in [0.2, 0.25) is 11.8 Å². The summed E-state index contributed by atoms with van der Waals surface area (Å²) in [6, 6.07) is -0.0966. The number of nitrogens with zero attached hydrogens (tertiary/aromatic N) is 2. The molecule has 3 fully saturated rings. The number of likely N-dealkylation sites (tertiary alicyclic amines) is 1. The highest BCUT2D eigenvalue weighted by Gasteiger charge is 2.39.